The van der Waals surface area contributed by atoms with Crippen molar-refractivity contribution in [3.8, 4) is 0 Å². The SMILES string of the molecule is CCn1c(CCNC(=O)[C@@H]2CCCN2)nc2ccccc21.Cl. The molecule has 0 unspecified atom stereocenters. The maximum atomic E-state index is 12.0. The van der Waals surface area contributed by atoms with Crippen LogP contribution in [0.3, 0.4) is 0 Å². The molecule has 0 spiro atoms. The number of carbonyl (C=O) groups excluding carboxylic acids is 1. The Kier molecular flexibility index (Phi) is 5.80. The van der Waals surface area contributed by atoms with Gasteiger partial charge in [0.05, 0.1) is 17.1 Å². The van der Waals surface area contributed by atoms with Gasteiger partial charge in [-0.25, -0.2) is 4.98 Å². The summed E-state index contributed by atoms with van der Waals surface area (Å²) in [7, 11) is 0. The highest BCUT2D eigenvalue weighted by Crippen LogP contribution is 2.16. The van der Waals surface area contributed by atoms with Crippen LogP contribution in [0.4, 0.5) is 0 Å². The lowest BCUT2D eigenvalue weighted by atomic mass is 10.2. The topological polar surface area (TPSA) is 59.0 Å². The molecule has 0 radical (unpaired) electrons. The van der Waals surface area contributed by atoms with Crippen molar-refractivity contribution in [3.63, 3.8) is 0 Å². The summed E-state index contributed by atoms with van der Waals surface area (Å²) in [6, 6.07) is 8.16. The van der Waals surface area contributed by atoms with Gasteiger partial charge in [0.2, 0.25) is 5.91 Å². The van der Waals surface area contributed by atoms with Gasteiger partial charge in [0.1, 0.15) is 5.82 Å². The summed E-state index contributed by atoms with van der Waals surface area (Å²) in [5, 5.41) is 6.23. The molecule has 1 aromatic carbocycles. The van der Waals surface area contributed by atoms with Crippen LogP contribution in [-0.2, 0) is 17.8 Å². The van der Waals surface area contributed by atoms with E-state index < -0.39 is 0 Å². The number of amides is 1. The van der Waals surface area contributed by atoms with Crippen LogP contribution >= 0.6 is 12.4 Å². The maximum Gasteiger partial charge on any atom is 0.237 e. The number of hydrogen-bond acceptors (Lipinski definition) is 3. The number of fused-ring (bicyclic) bond motifs is 1. The van der Waals surface area contributed by atoms with Gasteiger partial charge in [-0.3, -0.25) is 4.79 Å². The molecule has 22 heavy (non-hydrogen) atoms. The van der Waals surface area contributed by atoms with Crippen molar-refractivity contribution in [2.75, 3.05) is 13.1 Å². The van der Waals surface area contributed by atoms with Crippen molar-refractivity contribution in [1.82, 2.24) is 20.2 Å². The van der Waals surface area contributed by atoms with Crippen LogP contribution in [-0.4, -0.2) is 34.6 Å². The van der Waals surface area contributed by atoms with Crippen LogP contribution in [0.15, 0.2) is 24.3 Å². The monoisotopic (exact) mass is 322 g/mol. The molecule has 6 heteroatoms. The first-order valence-electron chi connectivity index (χ1n) is 7.75. The number of carbonyl (C=O) groups is 1. The quantitative estimate of drug-likeness (QED) is 0.884. The van der Waals surface area contributed by atoms with E-state index in [1.165, 1.54) is 5.52 Å². The largest absolute Gasteiger partial charge is 0.354 e. The van der Waals surface area contributed by atoms with E-state index in [9.17, 15) is 4.79 Å². The van der Waals surface area contributed by atoms with E-state index in [0.717, 1.165) is 43.7 Å². The van der Waals surface area contributed by atoms with Gasteiger partial charge in [0.15, 0.2) is 0 Å². The van der Waals surface area contributed by atoms with Crippen molar-refractivity contribution in [2.45, 2.75) is 38.8 Å². The van der Waals surface area contributed by atoms with Gasteiger partial charge in [-0.05, 0) is 38.4 Å². The number of halogens is 1. The maximum absolute atomic E-state index is 12.0. The lowest BCUT2D eigenvalue weighted by Crippen LogP contribution is -2.41. The minimum Gasteiger partial charge on any atom is -0.354 e. The normalized spacial score (nSPS) is 17.4. The molecule has 2 N–H and O–H groups in total. The van der Waals surface area contributed by atoms with E-state index in [0.29, 0.717) is 6.54 Å². The van der Waals surface area contributed by atoms with Gasteiger partial charge >= 0.3 is 0 Å². The second-order valence-corrected chi connectivity index (χ2v) is 5.45. The zero-order valence-corrected chi connectivity index (χ0v) is 13.7. The van der Waals surface area contributed by atoms with Crippen LogP contribution in [0.5, 0.6) is 0 Å². The van der Waals surface area contributed by atoms with Crippen LogP contribution in [0.2, 0.25) is 0 Å². The van der Waals surface area contributed by atoms with E-state index in [-0.39, 0.29) is 24.4 Å². The summed E-state index contributed by atoms with van der Waals surface area (Å²) in [5.41, 5.74) is 2.19. The van der Waals surface area contributed by atoms with E-state index in [2.05, 4.69) is 33.2 Å². The third-order valence-electron chi connectivity index (χ3n) is 4.07. The molecule has 2 aromatic rings. The van der Waals surface area contributed by atoms with E-state index >= 15 is 0 Å². The Morgan fingerprint density at radius 3 is 3.00 bits per heavy atom. The standard InChI is InChI=1S/C16H22N4O.ClH/c1-2-20-14-8-4-3-6-12(14)19-15(20)9-11-18-16(21)13-7-5-10-17-13;/h3-4,6,8,13,17H,2,5,7,9-11H2,1H3,(H,18,21);1H/t13-;/m0./s1. The summed E-state index contributed by atoms with van der Waals surface area (Å²) in [6.45, 7) is 4.61. The number of rotatable bonds is 5. The lowest BCUT2D eigenvalue weighted by molar-refractivity contribution is -0.122. The Hall–Kier alpha value is -1.59. The van der Waals surface area contributed by atoms with E-state index in [1.54, 1.807) is 0 Å². The van der Waals surface area contributed by atoms with Crippen molar-refractivity contribution < 1.29 is 4.79 Å². The second-order valence-electron chi connectivity index (χ2n) is 5.45. The molecular formula is C16H23ClN4O. The number of aromatic nitrogens is 2. The van der Waals surface area contributed by atoms with Crippen molar-refractivity contribution in [1.29, 1.82) is 0 Å². The fourth-order valence-electron chi connectivity index (χ4n) is 3.00. The molecule has 1 aliphatic rings. The Labute approximate surface area is 136 Å². The third-order valence-corrected chi connectivity index (χ3v) is 4.07. The highest BCUT2D eigenvalue weighted by molar-refractivity contribution is 5.85. The van der Waals surface area contributed by atoms with Crippen molar-refractivity contribution >= 4 is 29.3 Å². The first-order chi connectivity index (χ1) is 10.3. The molecule has 0 aliphatic carbocycles. The number of aryl methyl sites for hydroxylation is 1. The summed E-state index contributed by atoms with van der Waals surface area (Å²) in [5.74, 6) is 1.16. The van der Waals surface area contributed by atoms with E-state index in [1.807, 2.05) is 18.2 Å². The molecule has 0 saturated carbocycles. The number of benzene rings is 1. The van der Waals surface area contributed by atoms with Crippen molar-refractivity contribution in [2.24, 2.45) is 0 Å². The predicted octanol–water partition coefficient (Wildman–Crippen LogP) is 1.89. The average molecular weight is 323 g/mol. The van der Waals surface area contributed by atoms with Crippen molar-refractivity contribution in [3.05, 3.63) is 30.1 Å². The first kappa shape index (κ1) is 16.8. The molecule has 5 nitrogen and oxygen atoms in total. The molecule has 2 heterocycles. The van der Waals surface area contributed by atoms with Gasteiger partial charge in [-0.2, -0.15) is 0 Å². The van der Waals surface area contributed by atoms with Crippen LogP contribution in [0.1, 0.15) is 25.6 Å². The minimum absolute atomic E-state index is 0. The molecule has 1 saturated heterocycles. The molecular weight excluding hydrogens is 300 g/mol. The Bertz CT molecular complexity index is 634. The number of imidazole rings is 1. The van der Waals surface area contributed by atoms with Crippen LogP contribution in [0, 0.1) is 0 Å². The molecule has 1 atom stereocenters. The molecule has 1 amide bonds. The van der Waals surface area contributed by atoms with Gasteiger partial charge in [-0.1, -0.05) is 12.1 Å². The highest BCUT2D eigenvalue weighted by atomic mass is 35.5. The predicted molar refractivity (Wildman–Crippen MR) is 90.4 cm³/mol. The number of nitrogens with one attached hydrogen (secondary N) is 2. The second kappa shape index (κ2) is 7.61. The Balaban J connectivity index is 0.00000176. The number of para-hydroxylation sites is 2. The lowest BCUT2D eigenvalue weighted by Gasteiger charge is -2.11. The fourth-order valence-corrected chi connectivity index (χ4v) is 3.00. The molecule has 1 fully saturated rings. The summed E-state index contributed by atoms with van der Waals surface area (Å²) in [4.78, 5) is 16.6. The Morgan fingerprint density at radius 1 is 1.45 bits per heavy atom. The van der Waals surface area contributed by atoms with Gasteiger partial charge < -0.3 is 15.2 Å². The van der Waals surface area contributed by atoms with Gasteiger partial charge in [-0.15, -0.1) is 12.4 Å². The summed E-state index contributed by atoms with van der Waals surface area (Å²) in [6.07, 6.45) is 2.80. The summed E-state index contributed by atoms with van der Waals surface area (Å²) >= 11 is 0. The molecule has 120 valence electrons. The minimum atomic E-state index is -0.00464. The van der Waals surface area contributed by atoms with E-state index in [4.69, 9.17) is 0 Å². The fraction of sp³-hybridized carbons (Fsp3) is 0.500. The first-order valence-corrected chi connectivity index (χ1v) is 7.75. The molecule has 3 rings (SSSR count). The van der Waals surface area contributed by atoms with Crippen LogP contribution in [0.25, 0.3) is 11.0 Å². The Morgan fingerprint density at radius 2 is 2.27 bits per heavy atom. The van der Waals surface area contributed by atoms with Gasteiger partial charge in [0, 0.05) is 19.5 Å². The highest BCUT2D eigenvalue weighted by Gasteiger charge is 2.21. The number of nitrogens with zero attached hydrogens (tertiary/aromatic N) is 2. The molecule has 1 aliphatic heterocycles. The summed E-state index contributed by atoms with van der Waals surface area (Å²) < 4.78 is 2.22. The molecule has 1 aromatic heterocycles. The third kappa shape index (κ3) is 3.42. The molecule has 0 bridgehead atoms. The smallest absolute Gasteiger partial charge is 0.237 e. The van der Waals surface area contributed by atoms with Crippen LogP contribution < -0.4 is 10.6 Å². The zero-order chi connectivity index (χ0) is 14.7. The number of hydrogen-bond donors (Lipinski definition) is 2. The van der Waals surface area contributed by atoms with Gasteiger partial charge in [0.25, 0.3) is 0 Å². The average Bonchev–Trinajstić information content (AvgIpc) is 3.14. The zero-order valence-electron chi connectivity index (χ0n) is 12.8.